The maximum Gasteiger partial charge on any atom is 0.329 e. The molecular formula is C38H61N7O21S2. The molecule has 3 aliphatic rings. The predicted molar refractivity (Wildman–Crippen MR) is 231 cm³/mol. The Balaban J connectivity index is 2.19. The van der Waals surface area contributed by atoms with Gasteiger partial charge in [0, 0.05) is 11.5 Å². The Bertz CT molecular complexity index is 1790. The summed E-state index contributed by atoms with van der Waals surface area (Å²) in [5.74, 6) is -11.9. The number of amides is 6. The van der Waals surface area contributed by atoms with Crippen LogP contribution < -0.4 is 38.1 Å². The van der Waals surface area contributed by atoms with Crippen LogP contribution in [0.3, 0.4) is 0 Å². The van der Waals surface area contributed by atoms with Gasteiger partial charge in [-0.2, -0.15) is 0 Å². The van der Waals surface area contributed by atoms with Crippen LogP contribution in [0.5, 0.6) is 0 Å². The van der Waals surface area contributed by atoms with E-state index in [0.29, 0.717) is 6.42 Å². The van der Waals surface area contributed by atoms with E-state index in [9.17, 15) is 73.8 Å². The van der Waals surface area contributed by atoms with Crippen LogP contribution in [0.25, 0.3) is 0 Å². The van der Waals surface area contributed by atoms with Crippen molar-refractivity contribution in [2.75, 3.05) is 44.5 Å². The van der Waals surface area contributed by atoms with Gasteiger partial charge in [-0.15, -0.1) is 0 Å². The van der Waals surface area contributed by atoms with Crippen LogP contribution in [0.1, 0.15) is 40.5 Å². The monoisotopic (exact) mass is 1020 g/mol. The van der Waals surface area contributed by atoms with Crippen LogP contribution in [-0.4, -0.2) is 214 Å². The van der Waals surface area contributed by atoms with Crippen molar-refractivity contribution in [3.05, 3.63) is 0 Å². The van der Waals surface area contributed by atoms with E-state index in [1.54, 1.807) is 27.7 Å². The van der Waals surface area contributed by atoms with Gasteiger partial charge >= 0.3 is 17.9 Å². The fraction of sp³-hybridized carbons (Fsp3) is 0.763. The van der Waals surface area contributed by atoms with E-state index in [-0.39, 0.29) is 23.8 Å². The molecule has 3 fully saturated rings. The Morgan fingerprint density at radius 2 is 1.41 bits per heavy atom. The summed E-state index contributed by atoms with van der Waals surface area (Å²) in [6.07, 6.45) is -17.9. The number of nitrogens with one attached hydrogen (secondary N) is 5. The molecule has 3 rings (SSSR count). The normalized spacial score (nSPS) is 33.5. The Morgan fingerprint density at radius 1 is 0.779 bits per heavy atom. The van der Waals surface area contributed by atoms with Crippen molar-refractivity contribution in [3.63, 3.8) is 0 Å². The van der Waals surface area contributed by atoms with Crippen molar-refractivity contribution in [2.24, 2.45) is 23.3 Å². The fourth-order valence-corrected chi connectivity index (χ4v) is 9.18. The molecule has 30 heteroatoms. The summed E-state index contributed by atoms with van der Waals surface area (Å²) in [6, 6.07) is -7.37. The van der Waals surface area contributed by atoms with E-state index < -0.39 is 178 Å². The molecule has 0 radical (unpaired) electrons. The molecule has 386 valence electrons. The number of primary amides is 1. The third kappa shape index (κ3) is 17.2. The molecule has 3 aliphatic heterocycles. The zero-order valence-corrected chi connectivity index (χ0v) is 39.0. The minimum Gasteiger partial charge on any atom is -0.480 e. The molecule has 28 nitrogen and oxygen atoms in total. The van der Waals surface area contributed by atoms with Crippen LogP contribution in [0.2, 0.25) is 0 Å². The Hall–Kier alpha value is -4.47. The molecule has 6 amide bonds. The number of hydrogen-bond acceptors (Lipinski definition) is 21. The van der Waals surface area contributed by atoms with Crippen molar-refractivity contribution in [2.45, 2.75) is 126 Å². The summed E-state index contributed by atoms with van der Waals surface area (Å²) < 4.78 is 34.2. The molecule has 0 aromatic rings. The predicted octanol–water partition coefficient (Wildman–Crippen LogP) is -6.07. The molecule has 68 heavy (non-hydrogen) atoms. The van der Waals surface area contributed by atoms with E-state index >= 15 is 0 Å². The number of ether oxygens (including phenoxy) is 6. The number of nitrogens with two attached hydrogens (primary N) is 2. The molecule has 0 saturated carbocycles. The number of aliphatic hydroxyl groups is 3. The van der Waals surface area contributed by atoms with Crippen molar-refractivity contribution in [3.8, 4) is 0 Å². The quantitative estimate of drug-likeness (QED) is 0.0679. The Morgan fingerprint density at radius 3 is 1.99 bits per heavy atom. The average Bonchev–Trinajstić information content (AvgIpc) is 3.26. The van der Waals surface area contributed by atoms with Gasteiger partial charge in [0.2, 0.25) is 29.5 Å². The minimum atomic E-state index is -2.25. The first-order chi connectivity index (χ1) is 32.0. The molecule has 0 spiro atoms. The van der Waals surface area contributed by atoms with Gasteiger partial charge in [-0.1, -0.05) is 55.7 Å². The Labute approximate surface area is 396 Å². The maximum atomic E-state index is 14.1. The number of fused-ring (bicyclic) bond motifs is 4. The summed E-state index contributed by atoms with van der Waals surface area (Å²) in [5.41, 5.74) is 11.3. The number of hydrogen-bond donors (Lipinski definition) is 13. The molecule has 15 N–H and O–H groups in total. The highest BCUT2D eigenvalue weighted by molar-refractivity contribution is 8.76. The van der Waals surface area contributed by atoms with Gasteiger partial charge in [0.15, 0.2) is 18.7 Å². The van der Waals surface area contributed by atoms with E-state index in [1.807, 2.05) is 0 Å². The van der Waals surface area contributed by atoms with E-state index in [1.165, 1.54) is 0 Å². The molecule has 0 aliphatic carbocycles. The highest BCUT2D eigenvalue weighted by atomic mass is 33.1. The average molecular weight is 1020 g/mol. The second-order valence-electron chi connectivity index (χ2n) is 16.3. The minimum absolute atomic E-state index is 0.0971. The summed E-state index contributed by atoms with van der Waals surface area (Å²) >= 11 is 0. The standard InChI is InChI=1S/C38H61N7O21S2/c1-5-15(4)24-34(57)43-18(36(59)60)13-68-67-12-16(39)32(55)41-7-21(48)44-25-29(61-10-22(49)50)28(19(8-46)64-37(25)63-9-20(40)47)65-38-31(62-11-23(51)52)27(54)26(53)30(66-38)35(58)42-17(6-14(2)3)33(56)45-24/h14-19,24-31,37-38,46,53-54H,5-13,39H2,1-4H3,(H2,40,47)(H,41,55)(H,42,58)(H,43,57)(H,44,48)(H,45,56)(H,49,50)(H,51,52)(H,59,60)/t15-,16-,17-,18-,19+,24-,25+,26-,27-,28+,29-,30-,31+,37+,38+/m0/s1. The van der Waals surface area contributed by atoms with Crippen molar-refractivity contribution in [1.29, 1.82) is 0 Å². The molecular weight excluding hydrogens is 955 g/mol. The lowest BCUT2D eigenvalue weighted by Gasteiger charge is -2.48. The molecule has 4 bridgehead atoms. The third-order valence-corrected chi connectivity index (χ3v) is 13.0. The molecule has 0 aromatic carbocycles. The van der Waals surface area contributed by atoms with Gasteiger partial charge in [-0.3, -0.25) is 28.8 Å². The largest absolute Gasteiger partial charge is 0.480 e. The van der Waals surface area contributed by atoms with E-state index in [0.717, 1.165) is 21.6 Å². The molecule has 0 aromatic heterocycles. The molecule has 3 saturated heterocycles. The Kier molecular flexibility index (Phi) is 23.5. The lowest BCUT2D eigenvalue weighted by molar-refractivity contribution is -0.348. The summed E-state index contributed by atoms with van der Waals surface area (Å²) in [7, 11) is 1.90. The highest BCUT2D eigenvalue weighted by Gasteiger charge is 2.55. The second kappa shape index (κ2) is 27.7. The SMILES string of the molecule is CC[C@H](C)[C@@H]1NC(=O)[C@H](CC(C)C)NC(=O)[C@H]2O[C@@H](O[C@H]3[C@@H](OCC(=O)O)[C@@H](NC(=O)CNC(=O)[C@@H](N)CSSC[C@@H](C(=O)O)NC1=O)[C@H](OCC(N)=O)O[C@@H]3CO)[C@H](OCC(=O)O)[C@@H](O)[C@@H]2O. The van der Waals surface area contributed by atoms with Crippen molar-refractivity contribution in [1.82, 2.24) is 26.6 Å². The van der Waals surface area contributed by atoms with Gasteiger partial charge in [0.1, 0.15) is 80.6 Å². The molecule has 0 unspecified atom stereocenters. The van der Waals surface area contributed by atoms with E-state index in [2.05, 4.69) is 26.6 Å². The number of carbonyl (C=O) groups excluding carboxylic acids is 6. The smallest absolute Gasteiger partial charge is 0.329 e. The first kappa shape index (κ1) is 57.8. The number of carboxylic acids is 3. The first-order valence-corrected chi connectivity index (χ1v) is 23.7. The van der Waals surface area contributed by atoms with Gasteiger partial charge in [0.25, 0.3) is 5.91 Å². The molecule has 3 heterocycles. The van der Waals surface area contributed by atoms with Crippen molar-refractivity contribution < 1.29 is 102 Å². The maximum absolute atomic E-state index is 14.1. The third-order valence-electron chi connectivity index (χ3n) is 10.5. The van der Waals surface area contributed by atoms with Crippen LogP contribution >= 0.6 is 21.6 Å². The van der Waals surface area contributed by atoms with Crippen LogP contribution in [0, 0.1) is 11.8 Å². The van der Waals surface area contributed by atoms with Gasteiger partial charge in [0.05, 0.1) is 19.2 Å². The number of aliphatic carboxylic acids is 3. The summed E-state index contributed by atoms with van der Waals surface area (Å²) in [5, 5.41) is 74.4. The zero-order chi connectivity index (χ0) is 51.0. The first-order valence-electron chi connectivity index (χ1n) is 21.2. The highest BCUT2D eigenvalue weighted by Crippen LogP contribution is 2.33. The molecule has 15 atom stereocenters. The van der Waals surface area contributed by atoms with E-state index in [4.69, 9.17) is 39.9 Å². The second-order valence-corrected chi connectivity index (χ2v) is 18.8. The van der Waals surface area contributed by atoms with Crippen molar-refractivity contribution >= 4 is 74.9 Å². The van der Waals surface area contributed by atoms with Gasteiger partial charge in [-0.25, -0.2) is 14.4 Å². The lowest BCUT2D eigenvalue weighted by Crippen LogP contribution is -2.69. The topological polar surface area (TPSA) is 443 Å². The zero-order valence-electron chi connectivity index (χ0n) is 37.4. The number of carbonyl (C=O) groups is 9. The number of carboxylic acid groups (broad SMARTS) is 3. The summed E-state index contributed by atoms with van der Waals surface area (Å²) in [6.45, 7) is 1.66. The number of rotatable bonds is 15. The van der Waals surface area contributed by atoms with Crippen LogP contribution in [0.4, 0.5) is 0 Å². The van der Waals surface area contributed by atoms with Crippen LogP contribution in [0.15, 0.2) is 0 Å². The number of aliphatic hydroxyl groups excluding tert-OH is 3. The van der Waals surface area contributed by atoms with Crippen LogP contribution in [-0.2, 0) is 71.6 Å². The fourth-order valence-electron chi connectivity index (χ4n) is 6.90. The van der Waals surface area contributed by atoms with Gasteiger partial charge < -0.3 is 97.1 Å². The lowest BCUT2D eigenvalue weighted by atomic mass is 9.94. The summed E-state index contributed by atoms with van der Waals surface area (Å²) in [4.78, 5) is 116. The van der Waals surface area contributed by atoms with Gasteiger partial charge in [-0.05, 0) is 18.3 Å².